The zero-order valence-electron chi connectivity index (χ0n) is 12.6. The molecule has 2 aromatic carbocycles. The molecule has 0 spiro atoms. The summed E-state index contributed by atoms with van der Waals surface area (Å²) in [4.78, 5) is 20.7. The van der Waals surface area contributed by atoms with E-state index in [1.165, 1.54) is 12.3 Å². The van der Waals surface area contributed by atoms with Crippen LogP contribution in [0.25, 0.3) is 0 Å². The first-order valence-electron chi connectivity index (χ1n) is 7.14. The van der Waals surface area contributed by atoms with Gasteiger partial charge < -0.3 is 10.6 Å². The lowest BCUT2D eigenvalue weighted by molar-refractivity contribution is 0.102. The molecule has 3 rings (SSSR count). The van der Waals surface area contributed by atoms with Crippen LogP contribution < -0.4 is 10.6 Å². The second-order valence-electron chi connectivity index (χ2n) is 4.95. The first kappa shape index (κ1) is 17.5. The highest BCUT2D eigenvalue weighted by Crippen LogP contribution is 2.26. The smallest absolute Gasteiger partial charge is 0.274 e. The lowest BCUT2D eigenvalue weighted by atomic mass is 10.3. The third-order valence-corrected chi connectivity index (χ3v) is 4.08. The minimum absolute atomic E-state index is 0.167. The summed E-state index contributed by atoms with van der Waals surface area (Å²) in [6, 6.07) is 13.4. The normalized spacial score (nSPS) is 10.4. The number of carbonyl (C=O) groups is 1. The summed E-state index contributed by atoms with van der Waals surface area (Å²) in [5, 5.41) is 7.00. The van der Waals surface area contributed by atoms with Gasteiger partial charge in [-0.05, 0) is 36.4 Å². The number of rotatable bonds is 4. The van der Waals surface area contributed by atoms with Crippen molar-refractivity contribution in [2.75, 3.05) is 10.6 Å². The SMILES string of the molecule is O=C(Nc1cc(Cl)ccc1Cl)c1ccnc(Nc2ccccc2Cl)n1. The van der Waals surface area contributed by atoms with Gasteiger partial charge in [0.15, 0.2) is 0 Å². The number of benzene rings is 2. The van der Waals surface area contributed by atoms with Crippen molar-refractivity contribution >= 4 is 58.0 Å². The fourth-order valence-electron chi connectivity index (χ4n) is 2.01. The van der Waals surface area contributed by atoms with E-state index >= 15 is 0 Å². The summed E-state index contributed by atoms with van der Waals surface area (Å²) in [6.07, 6.45) is 1.47. The highest BCUT2D eigenvalue weighted by Gasteiger charge is 2.12. The van der Waals surface area contributed by atoms with E-state index in [0.717, 1.165) is 0 Å². The summed E-state index contributed by atoms with van der Waals surface area (Å²) < 4.78 is 0. The third-order valence-electron chi connectivity index (χ3n) is 3.19. The molecule has 8 heteroatoms. The number of hydrogen-bond acceptors (Lipinski definition) is 4. The Balaban J connectivity index is 1.80. The summed E-state index contributed by atoms with van der Waals surface area (Å²) in [5.41, 5.74) is 1.21. The standard InChI is InChI=1S/C17H11Cl3N4O/c18-10-5-6-12(20)15(9-10)22-16(25)14-7-8-21-17(24-14)23-13-4-2-1-3-11(13)19/h1-9H,(H,22,25)(H,21,23,24). The van der Waals surface area contributed by atoms with Crippen molar-refractivity contribution in [3.63, 3.8) is 0 Å². The Morgan fingerprint density at radius 3 is 2.48 bits per heavy atom. The van der Waals surface area contributed by atoms with Gasteiger partial charge in [0.25, 0.3) is 5.91 Å². The van der Waals surface area contributed by atoms with E-state index in [9.17, 15) is 4.79 Å². The first-order chi connectivity index (χ1) is 12.0. The monoisotopic (exact) mass is 392 g/mol. The minimum atomic E-state index is -0.436. The van der Waals surface area contributed by atoms with Crippen molar-refractivity contribution < 1.29 is 4.79 Å². The molecule has 5 nitrogen and oxygen atoms in total. The van der Waals surface area contributed by atoms with Crippen molar-refractivity contribution in [3.8, 4) is 0 Å². The van der Waals surface area contributed by atoms with Crippen molar-refractivity contribution in [2.45, 2.75) is 0 Å². The maximum absolute atomic E-state index is 12.4. The van der Waals surface area contributed by atoms with Crippen LogP contribution in [0.1, 0.15) is 10.5 Å². The molecule has 25 heavy (non-hydrogen) atoms. The zero-order valence-corrected chi connectivity index (χ0v) is 14.9. The molecule has 0 aliphatic carbocycles. The van der Waals surface area contributed by atoms with Crippen LogP contribution >= 0.6 is 34.8 Å². The minimum Gasteiger partial charge on any atom is -0.323 e. The first-order valence-corrected chi connectivity index (χ1v) is 8.27. The van der Waals surface area contributed by atoms with Crippen molar-refractivity contribution in [1.29, 1.82) is 0 Å². The predicted molar refractivity (Wildman–Crippen MR) is 101 cm³/mol. The number of aromatic nitrogens is 2. The summed E-state index contributed by atoms with van der Waals surface area (Å²) in [7, 11) is 0. The van der Waals surface area contributed by atoms with Crippen LogP contribution in [-0.4, -0.2) is 15.9 Å². The van der Waals surface area contributed by atoms with Crippen LogP contribution in [0.4, 0.5) is 17.3 Å². The molecule has 126 valence electrons. The maximum Gasteiger partial charge on any atom is 0.274 e. The van der Waals surface area contributed by atoms with Crippen molar-refractivity contribution in [2.24, 2.45) is 0 Å². The van der Waals surface area contributed by atoms with Gasteiger partial charge >= 0.3 is 0 Å². The average molecular weight is 394 g/mol. The lowest BCUT2D eigenvalue weighted by Crippen LogP contribution is -2.15. The van der Waals surface area contributed by atoms with E-state index in [2.05, 4.69) is 20.6 Å². The van der Waals surface area contributed by atoms with Gasteiger partial charge in [-0.3, -0.25) is 4.79 Å². The van der Waals surface area contributed by atoms with Crippen LogP contribution in [0.2, 0.25) is 15.1 Å². The molecule has 1 amide bonds. The number of amides is 1. The Kier molecular flexibility index (Phi) is 5.38. The Bertz CT molecular complexity index is 933. The average Bonchev–Trinajstić information content (AvgIpc) is 2.60. The van der Waals surface area contributed by atoms with Gasteiger partial charge in [-0.25, -0.2) is 9.97 Å². The second kappa shape index (κ2) is 7.70. The molecule has 1 heterocycles. The number of para-hydroxylation sites is 1. The molecule has 3 aromatic rings. The Morgan fingerprint density at radius 1 is 0.920 bits per heavy atom. The molecule has 0 aliphatic heterocycles. The maximum atomic E-state index is 12.4. The van der Waals surface area contributed by atoms with Gasteiger partial charge in [0.05, 0.1) is 21.4 Å². The molecule has 0 aliphatic rings. The molecule has 2 N–H and O–H groups in total. The number of hydrogen-bond donors (Lipinski definition) is 2. The number of nitrogens with zero attached hydrogens (tertiary/aromatic N) is 2. The molecule has 0 radical (unpaired) electrons. The molecular formula is C17H11Cl3N4O. The van der Waals surface area contributed by atoms with E-state index in [4.69, 9.17) is 34.8 Å². The highest BCUT2D eigenvalue weighted by atomic mass is 35.5. The van der Waals surface area contributed by atoms with Gasteiger partial charge in [0.2, 0.25) is 5.95 Å². The van der Waals surface area contributed by atoms with Gasteiger partial charge in [-0.15, -0.1) is 0 Å². The van der Waals surface area contributed by atoms with Crippen LogP contribution in [0, 0.1) is 0 Å². The van der Waals surface area contributed by atoms with E-state index in [-0.39, 0.29) is 11.6 Å². The summed E-state index contributed by atoms with van der Waals surface area (Å²) >= 11 is 18.1. The van der Waals surface area contributed by atoms with E-state index in [1.807, 2.05) is 12.1 Å². The van der Waals surface area contributed by atoms with Crippen LogP contribution in [-0.2, 0) is 0 Å². The van der Waals surface area contributed by atoms with E-state index < -0.39 is 5.91 Å². The number of anilines is 3. The van der Waals surface area contributed by atoms with Gasteiger partial charge in [0, 0.05) is 11.2 Å². The number of nitrogens with one attached hydrogen (secondary N) is 2. The summed E-state index contributed by atoms with van der Waals surface area (Å²) in [5.74, 6) is -0.188. The molecular weight excluding hydrogens is 383 g/mol. The van der Waals surface area contributed by atoms with E-state index in [1.54, 1.807) is 30.3 Å². The molecule has 0 atom stereocenters. The second-order valence-corrected chi connectivity index (χ2v) is 6.20. The highest BCUT2D eigenvalue weighted by molar-refractivity contribution is 6.36. The number of carbonyl (C=O) groups excluding carboxylic acids is 1. The molecule has 1 aromatic heterocycles. The molecule has 0 saturated heterocycles. The third kappa shape index (κ3) is 4.39. The lowest BCUT2D eigenvalue weighted by Gasteiger charge is -2.09. The molecule has 0 saturated carbocycles. The van der Waals surface area contributed by atoms with Crippen LogP contribution in [0.5, 0.6) is 0 Å². The molecule has 0 bridgehead atoms. The van der Waals surface area contributed by atoms with Crippen molar-refractivity contribution in [3.05, 3.63) is 75.5 Å². The fourth-order valence-corrected chi connectivity index (χ4v) is 2.53. The molecule has 0 fully saturated rings. The van der Waals surface area contributed by atoms with Gasteiger partial charge in [-0.1, -0.05) is 46.9 Å². The Labute approximate surface area is 159 Å². The van der Waals surface area contributed by atoms with Crippen LogP contribution in [0.3, 0.4) is 0 Å². The zero-order chi connectivity index (χ0) is 17.8. The van der Waals surface area contributed by atoms with E-state index in [0.29, 0.717) is 26.4 Å². The van der Waals surface area contributed by atoms with Gasteiger partial charge in [-0.2, -0.15) is 0 Å². The quantitative estimate of drug-likeness (QED) is 0.620. The van der Waals surface area contributed by atoms with Gasteiger partial charge in [0.1, 0.15) is 5.69 Å². The molecule has 0 unspecified atom stereocenters. The summed E-state index contributed by atoms with van der Waals surface area (Å²) in [6.45, 7) is 0. The number of halogens is 3. The predicted octanol–water partition coefficient (Wildman–Crippen LogP) is 5.43. The fraction of sp³-hybridized carbons (Fsp3) is 0. The topological polar surface area (TPSA) is 66.9 Å². The Morgan fingerprint density at radius 2 is 1.68 bits per heavy atom. The van der Waals surface area contributed by atoms with Crippen LogP contribution in [0.15, 0.2) is 54.7 Å². The Hall–Kier alpha value is -2.34. The largest absolute Gasteiger partial charge is 0.323 e. The van der Waals surface area contributed by atoms with Crippen molar-refractivity contribution in [1.82, 2.24) is 9.97 Å².